The zero-order valence-electron chi connectivity index (χ0n) is 18.1. The van der Waals surface area contributed by atoms with E-state index in [1.54, 1.807) is 28.0 Å². The van der Waals surface area contributed by atoms with Crippen LogP contribution in [0.1, 0.15) is 26.3 Å². The summed E-state index contributed by atoms with van der Waals surface area (Å²) in [4.78, 5) is 30.9. The van der Waals surface area contributed by atoms with Gasteiger partial charge in [-0.15, -0.1) is 0 Å². The van der Waals surface area contributed by atoms with Crippen LogP contribution < -0.4 is 4.74 Å². The Kier molecular flexibility index (Phi) is 7.40. The molecule has 9 heteroatoms. The van der Waals surface area contributed by atoms with E-state index in [-0.39, 0.29) is 17.4 Å². The Hall–Kier alpha value is -3.07. The second-order valence-corrected chi connectivity index (χ2v) is 7.81. The van der Waals surface area contributed by atoms with Crippen molar-refractivity contribution in [1.29, 1.82) is 0 Å². The number of carbonyl (C=O) groups excluding carboxylic acids is 2. The molecule has 2 aromatic carbocycles. The maximum atomic E-state index is 13.0. The number of nitrogens with zero attached hydrogens (tertiary/aromatic N) is 3. The third kappa shape index (κ3) is 5.79. The molecule has 1 aliphatic heterocycles. The summed E-state index contributed by atoms with van der Waals surface area (Å²) in [5, 5.41) is 0. The van der Waals surface area contributed by atoms with Crippen LogP contribution in [0.15, 0.2) is 48.5 Å². The zero-order chi connectivity index (χ0) is 23.3. The Morgan fingerprint density at radius 2 is 1.47 bits per heavy atom. The average Bonchev–Trinajstić information content (AvgIpc) is 2.78. The molecule has 0 atom stereocenters. The molecule has 0 N–H and O–H groups in total. The molecule has 32 heavy (non-hydrogen) atoms. The number of hydrogen-bond acceptors (Lipinski definition) is 4. The molecule has 1 saturated heterocycles. The van der Waals surface area contributed by atoms with Gasteiger partial charge in [0.25, 0.3) is 11.8 Å². The molecule has 0 saturated carbocycles. The van der Waals surface area contributed by atoms with Gasteiger partial charge in [0.1, 0.15) is 12.4 Å². The molecule has 0 radical (unpaired) electrons. The maximum Gasteiger partial charge on any atom is 0.416 e. The molecule has 0 spiro atoms. The van der Waals surface area contributed by atoms with Crippen LogP contribution in [0.2, 0.25) is 0 Å². The van der Waals surface area contributed by atoms with Gasteiger partial charge in [-0.25, -0.2) is 0 Å². The lowest BCUT2D eigenvalue weighted by atomic mass is 10.1. The minimum Gasteiger partial charge on any atom is -0.491 e. The smallest absolute Gasteiger partial charge is 0.416 e. The van der Waals surface area contributed by atoms with E-state index in [0.29, 0.717) is 50.6 Å². The average molecular weight is 449 g/mol. The maximum absolute atomic E-state index is 13.0. The minimum absolute atomic E-state index is 0.174. The van der Waals surface area contributed by atoms with Gasteiger partial charge in [-0.1, -0.05) is 12.1 Å². The predicted molar refractivity (Wildman–Crippen MR) is 114 cm³/mol. The first-order chi connectivity index (χ1) is 15.2. The topological polar surface area (TPSA) is 53.1 Å². The first-order valence-corrected chi connectivity index (χ1v) is 10.3. The van der Waals surface area contributed by atoms with E-state index in [4.69, 9.17) is 4.74 Å². The number of benzene rings is 2. The van der Waals surface area contributed by atoms with Gasteiger partial charge >= 0.3 is 6.18 Å². The number of halogens is 3. The normalized spacial score (nSPS) is 14.6. The third-order valence-corrected chi connectivity index (χ3v) is 5.23. The van der Waals surface area contributed by atoms with Crippen molar-refractivity contribution < 1.29 is 27.5 Å². The van der Waals surface area contributed by atoms with Crippen LogP contribution in [0, 0.1) is 0 Å². The molecular formula is C23H26F3N3O3. The van der Waals surface area contributed by atoms with Crippen LogP contribution in [0.3, 0.4) is 0 Å². The predicted octanol–water partition coefficient (Wildman–Crippen LogP) is 3.24. The van der Waals surface area contributed by atoms with Crippen LogP contribution in [0.25, 0.3) is 0 Å². The molecule has 0 aromatic heterocycles. The highest BCUT2D eigenvalue weighted by atomic mass is 19.4. The summed E-state index contributed by atoms with van der Waals surface area (Å²) in [5.41, 5.74) is -0.137. The van der Waals surface area contributed by atoms with Crippen molar-refractivity contribution in [1.82, 2.24) is 14.7 Å². The van der Waals surface area contributed by atoms with Crippen molar-refractivity contribution in [3.8, 4) is 5.75 Å². The SMILES string of the molecule is CN(C)CCOc1ccccc1C(=O)N1CCN(C(=O)c2ccc(C(F)(F)F)cc2)CC1. The Balaban J connectivity index is 1.60. The summed E-state index contributed by atoms with van der Waals surface area (Å²) in [7, 11) is 3.87. The molecular weight excluding hydrogens is 423 g/mol. The van der Waals surface area contributed by atoms with E-state index < -0.39 is 11.7 Å². The summed E-state index contributed by atoms with van der Waals surface area (Å²) in [6, 6.07) is 11.2. The highest BCUT2D eigenvalue weighted by Crippen LogP contribution is 2.29. The number of alkyl halides is 3. The van der Waals surface area contributed by atoms with E-state index in [1.807, 2.05) is 25.1 Å². The molecule has 0 aliphatic carbocycles. The second-order valence-electron chi connectivity index (χ2n) is 7.81. The molecule has 2 amide bonds. The summed E-state index contributed by atoms with van der Waals surface area (Å²) < 4.78 is 43.9. The van der Waals surface area contributed by atoms with E-state index in [9.17, 15) is 22.8 Å². The van der Waals surface area contributed by atoms with E-state index >= 15 is 0 Å². The number of likely N-dealkylation sites (N-methyl/N-ethyl adjacent to an activating group) is 1. The van der Waals surface area contributed by atoms with Gasteiger partial charge in [-0.05, 0) is 50.5 Å². The molecule has 1 fully saturated rings. The second kappa shape index (κ2) is 10.0. The zero-order valence-corrected chi connectivity index (χ0v) is 18.1. The van der Waals surface area contributed by atoms with Gasteiger partial charge < -0.3 is 19.4 Å². The first kappa shape index (κ1) is 23.6. The fourth-order valence-electron chi connectivity index (χ4n) is 3.37. The lowest BCUT2D eigenvalue weighted by Crippen LogP contribution is -2.50. The number of ether oxygens (including phenoxy) is 1. The number of para-hydroxylation sites is 1. The van der Waals surface area contributed by atoms with Crippen LogP contribution in [-0.4, -0.2) is 79.9 Å². The molecule has 3 rings (SSSR count). The molecule has 172 valence electrons. The Morgan fingerprint density at radius 1 is 0.906 bits per heavy atom. The van der Waals surface area contributed by atoms with Crippen LogP contribution in [-0.2, 0) is 6.18 Å². The van der Waals surface area contributed by atoms with Crippen molar-refractivity contribution in [2.75, 3.05) is 53.4 Å². The Labute approximate surface area is 185 Å². The van der Waals surface area contributed by atoms with E-state index in [1.165, 1.54) is 12.1 Å². The van der Waals surface area contributed by atoms with Gasteiger partial charge in [-0.3, -0.25) is 9.59 Å². The first-order valence-electron chi connectivity index (χ1n) is 10.3. The largest absolute Gasteiger partial charge is 0.491 e. The van der Waals surface area contributed by atoms with Crippen molar-refractivity contribution in [3.05, 3.63) is 65.2 Å². The van der Waals surface area contributed by atoms with Crippen LogP contribution in [0.4, 0.5) is 13.2 Å². The number of piperazine rings is 1. The number of amides is 2. The van der Waals surface area contributed by atoms with Crippen molar-refractivity contribution in [2.24, 2.45) is 0 Å². The van der Waals surface area contributed by atoms with E-state index in [2.05, 4.69) is 0 Å². The van der Waals surface area contributed by atoms with Gasteiger partial charge in [0.05, 0.1) is 11.1 Å². The van der Waals surface area contributed by atoms with E-state index in [0.717, 1.165) is 12.1 Å². The fourth-order valence-corrected chi connectivity index (χ4v) is 3.37. The molecule has 6 nitrogen and oxygen atoms in total. The van der Waals surface area contributed by atoms with Crippen molar-refractivity contribution in [2.45, 2.75) is 6.18 Å². The monoisotopic (exact) mass is 449 g/mol. The number of carbonyl (C=O) groups is 2. The molecule has 2 aromatic rings. The van der Waals surface area contributed by atoms with Crippen LogP contribution in [0.5, 0.6) is 5.75 Å². The summed E-state index contributed by atoms with van der Waals surface area (Å²) in [5.74, 6) is -0.00654. The fraction of sp³-hybridized carbons (Fsp3) is 0.391. The molecule has 1 aliphatic rings. The van der Waals surface area contributed by atoms with Crippen molar-refractivity contribution >= 4 is 11.8 Å². The third-order valence-electron chi connectivity index (χ3n) is 5.23. The minimum atomic E-state index is -4.44. The number of rotatable bonds is 6. The van der Waals surface area contributed by atoms with Gasteiger partial charge in [0.15, 0.2) is 0 Å². The number of hydrogen-bond donors (Lipinski definition) is 0. The quantitative estimate of drug-likeness (QED) is 0.680. The lowest BCUT2D eigenvalue weighted by Gasteiger charge is -2.35. The summed E-state index contributed by atoms with van der Waals surface area (Å²) in [6.07, 6.45) is -4.44. The lowest BCUT2D eigenvalue weighted by molar-refractivity contribution is -0.137. The standard InChI is InChI=1S/C23H26F3N3O3/c1-27(2)15-16-32-20-6-4-3-5-19(20)22(31)29-13-11-28(12-14-29)21(30)17-7-9-18(10-8-17)23(24,25)26/h3-10H,11-16H2,1-2H3. The molecule has 0 bridgehead atoms. The van der Waals surface area contributed by atoms with Crippen molar-refractivity contribution in [3.63, 3.8) is 0 Å². The van der Waals surface area contributed by atoms with Gasteiger partial charge in [0, 0.05) is 38.3 Å². The molecule has 1 heterocycles. The highest BCUT2D eigenvalue weighted by Gasteiger charge is 2.31. The Morgan fingerprint density at radius 3 is 2.03 bits per heavy atom. The summed E-state index contributed by atoms with van der Waals surface area (Å²) in [6.45, 7) is 2.43. The highest BCUT2D eigenvalue weighted by molar-refractivity contribution is 5.97. The van der Waals surface area contributed by atoms with Gasteiger partial charge in [0.2, 0.25) is 0 Å². The Bertz CT molecular complexity index is 937. The summed E-state index contributed by atoms with van der Waals surface area (Å²) >= 11 is 0. The molecule has 0 unspecified atom stereocenters. The van der Waals surface area contributed by atoms with Gasteiger partial charge in [-0.2, -0.15) is 13.2 Å². The van der Waals surface area contributed by atoms with Crippen LogP contribution >= 0.6 is 0 Å².